The first-order valence-electron chi connectivity index (χ1n) is 12.7. The predicted molar refractivity (Wildman–Crippen MR) is 128 cm³/mol. The second-order valence-corrected chi connectivity index (χ2v) is 10.1. The molecule has 0 aromatic heterocycles. The third-order valence-electron chi connectivity index (χ3n) is 7.07. The highest BCUT2D eigenvalue weighted by molar-refractivity contribution is 5.52. The van der Waals surface area contributed by atoms with Crippen LogP contribution in [0.15, 0.2) is 12.1 Å². The molecule has 1 aromatic rings. The van der Waals surface area contributed by atoms with Crippen molar-refractivity contribution in [3.8, 4) is 11.5 Å². The molecule has 1 aromatic carbocycles. The van der Waals surface area contributed by atoms with Gasteiger partial charge in [0, 0.05) is 11.5 Å². The monoisotopic (exact) mass is 448 g/mol. The minimum Gasteiger partial charge on any atom is -0.491 e. The lowest BCUT2D eigenvalue weighted by atomic mass is 9.64. The van der Waals surface area contributed by atoms with E-state index < -0.39 is 0 Å². The van der Waals surface area contributed by atoms with Crippen LogP contribution in [0.4, 0.5) is 0 Å². The number of aryl methyl sites for hydroxylation is 1. The molecule has 1 aliphatic carbocycles. The second-order valence-electron chi connectivity index (χ2n) is 10.1. The Kier molecular flexibility index (Phi) is 9.69. The predicted octanol–water partition coefficient (Wildman–Crippen LogP) is 5.51. The van der Waals surface area contributed by atoms with Crippen LogP contribution in [0.25, 0.3) is 0 Å². The molecule has 0 bridgehead atoms. The summed E-state index contributed by atoms with van der Waals surface area (Å²) in [6, 6.07) is 4.54. The maximum atomic E-state index is 8.76. The van der Waals surface area contributed by atoms with Gasteiger partial charge in [-0.3, -0.25) is 0 Å². The van der Waals surface area contributed by atoms with Gasteiger partial charge in [0.25, 0.3) is 0 Å². The summed E-state index contributed by atoms with van der Waals surface area (Å²) in [4.78, 5) is 0. The van der Waals surface area contributed by atoms with Gasteiger partial charge in [0.2, 0.25) is 0 Å². The molecule has 2 aliphatic rings. The number of unbranched alkanes of at least 4 members (excludes halogenated alkanes) is 2. The molecular formula is C27H44O5. The SMILES string of the molecule is CCCCCc1cc(OCCOCCOCCO)c2c(c1)OC(C)(C)[C@@H]1CC[C@H](C)C[C@@H]21. The van der Waals surface area contributed by atoms with Crippen LogP contribution in [0.5, 0.6) is 11.5 Å². The maximum Gasteiger partial charge on any atom is 0.127 e. The molecule has 1 heterocycles. The summed E-state index contributed by atoms with van der Waals surface area (Å²) in [5, 5.41) is 8.76. The zero-order chi connectivity index (χ0) is 23.0. The van der Waals surface area contributed by atoms with Gasteiger partial charge >= 0.3 is 0 Å². The van der Waals surface area contributed by atoms with Crippen molar-refractivity contribution in [2.75, 3.05) is 39.6 Å². The van der Waals surface area contributed by atoms with E-state index in [4.69, 9.17) is 24.1 Å². The van der Waals surface area contributed by atoms with Gasteiger partial charge in [-0.2, -0.15) is 0 Å². The number of hydrogen-bond acceptors (Lipinski definition) is 5. The Morgan fingerprint density at radius 1 is 1.03 bits per heavy atom. The highest BCUT2D eigenvalue weighted by Gasteiger charge is 2.47. The summed E-state index contributed by atoms with van der Waals surface area (Å²) in [5.74, 6) is 3.78. The molecule has 0 saturated heterocycles. The summed E-state index contributed by atoms with van der Waals surface area (Å²) in [5.41, 5.74) is 2.45. The Bertz CT molecular complexity index is 702. The maximum absolute atomic E-state index is 8.76. The molecule has 182 valence electrons. The molecule has 3 atom stereocenters. The number of hydrogen-bond donors (Lipinski definition) is 1. The molecule has 0 amide bonds. The van der Waals surface area contributed by atoms with E-state index in [0.717, 1.165) is 23.8 Å². The first kappa shape index (κ1) is 25.3. The number of ether oxygens (including phenoxy) is 4. The van der Waals surface area contributed by atoms with Crippen molar-refractivity contribution in [3.05, 3.63) is 23.3 Å². The van der Waals surface area contributed by atoms with Crippen molar-refractivity contribution in [1.29, 1.82) is 0 Å². The van der Waals surface area contributed by atoms with Crippen LogP contribution >= 0.6 is 0 Å². The number of aliphatic hydroxyl groups excluding tert-OH is 1. The first-order chi connectivity index (χ1) is 15.5. The van der Waals surface area contributed by atoms with Crippen LogP contribution in [0.2, 0.25) is 0 Å². The molecule has 0 unspecified atom stereocenters. The quantitative estimate of drug-likeness (QED) is 0.403. The lowest BCUT2D eigenvalue weighted by Crippen LogP contribution is -2.46. The van der Waals surface area contributed by atoms with E-state index in [9.17, 15) is 0 Å². The molecule has 32 heavy (non-hydrogen) atoms. The lowest BCUT2D eigenvalue weighted by molar-refractivity contribution is -0.0153. The van der Waals surface area contributed by atoms with E-state index in [1.165, 1.54) is 49.7 Å². The molecule has 5 nitrogen and oxygen atoms in total. The Hall–Kier alpha value is -1.30. The highest BCUT2D eigenvalue weighted by atomic mass is 16.5. The van der Waals surface area contributed by atoms with Crippen molar-refractivity contribution in [3.63, 3.8) is 0 Å². The zero-order valence-electron chi connectivity index (χ0n) is 20.7. The van der Waals surface area contributed by atoms with Crippen LogP contribution in [0.1, 0.15) is 83.3 Å². The van der Waals surface area contributed by atoms with Crippen LogP contribution < -0.4 is 9.47 Å². The second kappa shape index (κ2) is 12.2. The third kappa shape index (κ3) is 6.61. The zero-order valence-corrected chi connectivity index (χ0v) is 20.7. The fourth-order valence-electron chi connectivity index (χ4n) is 5.44. The molecule has 1 fully saturated rings. The van der Waals surface area contributed by atoms with Gasteiger partial charge in [0.1, 0.15) is 23.7 Å². The molecule has 3 rings (SSSR count). The molecule has 1 N–H and O–H groups in total. The van der Waals surface area contributed by atoms with Gasteiger partial charge in [-0.05, 0) is 69.1 Å². The van der Waals surface area contributed by atoms with Gasteiger partial charge in [0.15, 0.2) is 0 Å². The van der Waals surface area contributed by atoms with Crippen molar-refractivity contribution in [2.24, 2.45) is 11.8 Å². The van der Waals surface area contributed by atoms with Crippen molar-refractivity contribution in [1.82, 2.24) is 0 Å². The van der Waals surface area contributed by atoms with Gasteiger partial charge in [-0.15, -0.1) is 0 Å². The lowest BCUT2D eigenvalue weighted by Gasteiger charge is -2.49. The number of aliphatic hydroxyl groups is 1. The highest BCUT2D eigenvalue weighted by Crippen LogP contribution is 2.55. The van der Waals surface area contributed by atoms with Crippen molar-refractivity contribution in [2.45, 2.75) is 84.2 Å². The van der Waals surface area contributed by atoms with E-state index in [1.807, 2.05) is 0 Å². The number of benzene rings is 1. The minimum absolute atomic E-state index is 0.0441. The molecular weight excluding hydrogens is 404 g/mol. The van der Waals surface area contributed by atoms with E-state index >= 15 is 0 Å². The van der Waals surface area contributed by atoms with Crippen LogP contribution in [0.3, 0.4) is 0 Å². The van der Waals surface area contributed by atoms with Crippen LogP contribution in [-0.4, -0.2) is 50.3 Å². The fourth-order valence-corrected chi connectivity index (χ4v) is 5.44. The third-order valence-corrected chi connectivity index (χ3v) is 7.07. The van der Waals surface area contributed by atoms with Gasteiger partial charge < -0.3 is 24.1 Å². The largest absolute Gasteiger partial charge is 0.491 e. The fraction of sp³-hybridized carbons (Fsp3) is 0.778. The van der Waals surface area contributed by atoms with Crippen LogP contribution in [-0.2, 0) is 15.9 Å². The summed E-state index contributed by atoms with van der Waals surface area (Å²) in [6.07, 6.45) is 8.41. The molecule has 1 aliphatic heterocycles. The number of rotatable bonds is 13. The van der Waals surface area contributed by atoms with Crippen LogP contribution in [0, 0.1) is 11.8 Å². The topological polar surface area (TPSA) is 57.2 Å². The molecule has 0 radical (unpaired) electrons. The first-order valence-corrected chi connectivity index (χ1v) is 12.7. The summed E-state index contributed by atoms with van der Waals surface area (Å²) in [6.45, 7) is 11.6. The Morgan fingerprint density at radius 2 is 1.78 bits per heavy atom. The van der Waals surface area contributed by atoms with Gasteiger partial charge in [-0.1, -0.05) is 33.1 Å². The Morgan fingerprint density at radius 3 is 2.53 bits per heavy atom. The average molecular weight is 449 g/mol. The molecule has 5 heteroatoms. The van der Waals surface area contributed by atoms with E-state index in [1.54, 1.807) is 0 Å². The molecule has 1 saturated carbocycles. The van der Waals surface area contributed by atoms with E-state index in [0.29, 0.717) is 44.9 Å². The summed E-state index contributed by atoms with van der Waals surface area (Å²) < 4.78 is 23.9. The normalized spacial score (nSPS) is 23.8. The van der Waals surface area contributed by atoms with E-state index in [2.05, 4.69) is 39.8 Å². The van der Waals surface area contributed by atoms with Crippen molar-refractivity contribution < 1.29 is 24.1 Å². The van der Waals surface area contributed by atoms with Crippen molar-refractivity contribution >= 4 is 0 Å². The minimum atomic E-state index is -0.144. The summed E-state index contributed by atoms with van der Waals surface area (Å²) in [7, 11) is 0. The Labute approximate surface area is 194 Å². The summed E-state index contributed by atoms with van der Waals surface area (Å²) >= 11 is 0. The number of fused-ring (bicyclic) bond motifs is 3. The van der Waals surface area contributed by atoms with Gasteiger partial charge in [-0.25, -0.2) is 0 Å². The Balaban J connectivity index is 1.74. The average Bonchev–Trinajstić information content (AvgIpc) is 2.75. The van der Waals surface area contributed by atoms with Gasteiger partial charge in [0.05, 0.1) is 33.0 Å². The smallest absolute Gasteiger partial charge is 0.127 e. The molecule has 0 spiro atoms. The van der Waals surface area contributed by atoms with E-state index in [-0.39, 0.29) is 12.2 Å². The standard InChI is InChI=1S/C27H44O5/c1-5-6-7-8-21-18-24(31-16-15-30-14-13-29-12-11-28)26-22-17-20(2)9-10-23(22)27(3,4)32-25(26)19-21/h18-20,22-23,28H,5-17H2,1-4H3/t20-,22+,23+/m0/s1.